The van der Waals surface area contributed by atoms with Crippen LogP contribution < -0.4 is 21.4 Å². The maximum atomic E-state index is 12.0. The van der Waals surface area contributed by atoms with Gasteiger partial charge in [-0.2, -0.15) is 13.5 Å². The average molecular weight is 551 g/mol. The lowest BCUT2D eigenvalue weighted by Gasteiger charge is -2.17. The Balaban J connectivity index is 2.05. The van der Waals surface area contributed by atoms with Gasteiger partial charge in [0.05, 0.1) is 18.7 Å². The zero-order valence-corrected chi connectivity index (χ0v) is 20.6. The first-order chi connectivity index (χ1) is 18.0. The highest BCUT2D eigenvalue weighted by atomic mass is 32.2. The lowest BCUT2D eigenvalue weighted by molar-refractivity contribution is -0.140. The number of aldehydes is 1. The first-order valence-corrected chi connectivity index (χ1v) is 12.4. The number of carbonyl (C=O) groups excluding carboxylic acids is 2. The van der Waals surface area contributed by atoms with Gasteiger partial charge in [0.25, 0.3) is 10.1 Å². The highest BCUT2D eigenvalue weighted by molar-refractivity contribution is 7.86. The minimum absolute atomic E-state index is 0.0387. The van der Waals surface area contributed by atoms with E-state index in [0.29, 0.717) is 24.0 Å². The van der Waals surface area contributed by atoms with Crippen molar-refractivity contribution in [3.8, 4) is 0 Å². The van der Waals surface area contributed by atoms with Gasteiger partial charge in [-0.05, 0) is 37.2 Å². The summed E-state index contributed by atoms with van der Waals surface area (Å²) in [5.74, 6) is -3.02. The van der Waals surface area contributed by atoms with Crippen molar-refractivity contribution in [2.45, 2.75) is 23.8 Å². The Morgan fingerprint density at radius 2 is 1.84 bits per heavy atom. The van der Waals surface area contributed by atoms with Crippen molar-refractivity contribution in [3.05, 3.63) is 47.7 Å². The Labute approximate surface area is 217 Å². The molecule has 2 rings (SSSR count). The predicted molar refractivity (Wildman–Crippen MR) is 135 cm³/mol. The third-order valence-electron chi connectivity index (χ3n) is 4.81. The highest BCUT2D eigenvalue weighted by Crippen LogP contribution is 2.22. The first-order valence-electron chi connectivity index (χ1n) is 11.0. The molecule has 1 aromatic heterocycles. The molecule has 38 heavy (non-hydrogen) atoms. The lowest BCUT2D eigenvalue weighted by atomic mass is 10.1. The Bertz CT molecular complexity index is 1280. The molecule has 1 heterocycles. The lowest BCUT2D eigenvalue weighted by Crippen LogP contribution is -2.47. The summed E-state index contributed by atoms with van der Waals surface area (Å²) in [6, 6.07) is 5.98. The summed E-state index contributed by atoms with van der Waals surface area (Å²) in [7, 11) is -4.61. The van der Waals surface area contributed by atoms with Crippen molar-refractivity contribution in [2.24, 2.45) is 5.10 Å². The number of hydrogen-bond donors (Lipinski definition) is 7. The summed E-state index contributed by atoms with van der Waals surface area (Å²) in [4.78, 5) is 48.0. The minimum atomic E-state index is -4.61. The molecule has 1 atom stereocenters. The van der Waals surface area contributed by atoms with E-state index in [9.17, 15) is 32.1 Å². The molecule has 0 unspecified atom stereocenters. The number of carbonyl (C=O) groups is 4. The number of benzene rings is 1. The van der Waals surface area contributed by atoms with Crippen molar-refractivity contribution in [1.82, 2.24) is 15.6 Å². The van der Waals surface area contributed by atoms with E-state index in [0.717, 1.165) is 6.21 Å². The molecule has 0 saturated heterocycles. The number of carboxylic acid groups (broad SMARTS) is 2. The van der Waals surface area contributed by atoms with Crippen molar-refractivity contribution >= 4 is 52.0 Å². The van der Waals surface area contributed by atoms with E-state index in [1.54, 1.807) is 6.07 Å². The Hall–Kier alpha value is -4.41. The van der Waals surface area contributed by atoms with Crippen molar-refractivity contribution in [3.63, 3.8) is 0 Å². The highest BCUT2D eigenvalue weighted by Gasteiger charge is 2.21. The third kappa shape index (κ3) is 9.92. The van der Waals surface area contributed by atoms with E-state index in [1.165, 1.54) is 30.5 Å². The smallest absolute Gasteiger partial charge is 0.322 e. The maximum Gasteiger partial charge on any atom is 0.322 e. The zero-order valence-electron chi connectivity index (χ0n) is 19.8. The molecule has 7 N–H and O–H groups in total. The fraction of sp³-hybridized carbons (Fsp3) is 0.273. The zero-order chi connectivity index (χ0) is 28.1. The van der Waals surface area contributed by atoms with Gasteiger partial charge in [-0.1, -0.05) is 6.07 Å². The molecule has 16 heteroatoms. The molecule has 1 aromatic carbocycles. The topological polar surface area (TPSA) is 236 Å². The molecule has 0 radical (unpaired) electrons. The normalized spacial score (nSPS) is 12.0. The van der Waals surface area contributed by atoms with Gasteiger partial charge >= 0.3 is 11.9 Å². The van der Waals surface area contributed by atoms with Gasteiger partial charge in [0.1, 0.15) is 17.3 Å². The Kier molecular flexibility index (Phi) is 11.3. The van der Waals surface area contributed by atoms with Crippen LogP contribution in [-0.2, 0) is 24.5 Å². The molecular weight excluding hydrogens is 524 g/mol. The van der Waals surface area contributed by atoms with Gasteiger partial charge in [0, 0.05) is 29.6 Å². The second kappa shape index (κ2) is 14.4. The summed E-state index contributed by atoms with van der Waals surface area (Å²) in [5.41, 5.74) is 3.28. The molecule has 204 valence electrons. The molecule has 0 aliphatic carbocycles. The fourth-order valence-electron chi connectivity index (χ4n) is 3.07. The summed E-state index contributed by atoms with van der Waals surface area (Å²) >= 11 is 0. The fourth-order valence-corrected chi connectivity index (χ4v) is 3.76. The molecule has 0 fully saturated rings. The molecular formula is C22H26N6O9S. The van der Waals surface area contributed by atoms with Gasteiger partial charge in [-0.25, -0.2) is 4.98 Å². The number of nitrogens with one attached hydrogen (secondary N) is 4. The van der Waals surface area contributed by atoms with Crippen LogP contribution in [0.4, 0.5) is 11.5 Å². The second-order valence-electron chi connectivity index (χ2n) is 7.65. The molecule has 15 nitrogen and oxygen atoms in total. The van der Waals surface area contributed by atoms with Crippen LogP contribution >= 0.6 is 0 Å². The molecule has 0 saturated carbocycles. The van der Waals surface area contributed by atoms with Crippen LogP contribution in [-0.4, -0.2) is 84.2 Å². The monoisotopic (exact) mass is 550 g/mol. The number of rotatable bonds is 16. The van der Waals surface area contributed by atoms with Crippen molar-refractivity contribution in [1.29, 1.82) is 0 Å². The Morgan fingerprint density at radius 1 is 1.08 bits per heavy atom. The van der Waals surface area contributed by atoms with Gasteiger partial charge in [0.2, 0.25) is 5.91 Å². The summed E-state index contributed by atoms with van der Waals surface area (Å²) in [6.45, 7) is -0.250. The SMILES string of the molecule is O=Cc1ccc(NN=Cc2c(NCCCN[C@H](CC(=O)O)C(=O)NCC(=O)O)cccc2S(=O)(=O)O)nc1. The molecule has 1 amide bonds. The number of nitrogens with zero attached hydrogens (tertiary/aromatic N) is 2. The van der Waals surface area contributed by atoms with Gasteiger partial charge in [-0.15, -0.1) is 0 Å². The number of amides is 1. The standard InChI is InChI=1S/C22H26N6O9S/c29-13-14-5-6-19(25-10-14)28-27-11-15-16(3-1-4-18(15)38(35,36)37)23-7-2-8-24-17(9-20(30)31)22(34)26-12-21(32)33/h1,3-6,10-11,13,17,23-24H,2,7-9,12H2,(H,25,28)(H,26,34)(H,30,31)(H,32,33)(H,35,36,37)/t17-/m1/s1. The van der Waals surface area contributed by atoms with E-state index in [4.69, 9.17) is 10.2 Å². The van der Waals surface area contributed by atoms with E-state index in [-0.39, 0.29) is 24.5 Å². The van der Waals surface area contributed by atoms with Crippen molar-refractivity contribution < 1.29 is 42.4 Å². The van der Waals surface area contributed by atoms with Crippen LogP contribution in [0.3, 0.4) is 0 Å². The summed E-state index contributed by atoms with van der Waals surface area (Å²) < 4.78 is 33.4. The van der Waals surface area contributed by atoms with Crippen LogP contribution in [0, 0.1) is 0 Å². The number of hydrogen-bond acceptors (Lipinski definition) is 11. The predicted octanol–water partition coefficient (Wildman–Crippen LogP) is 0.0225. The van der Waals surface area contributed by atoms with Gasteiger partial charge in [-0.3, -0.25) is 29.2 Å². The largest absolute Gasteiger partial charge is 0.481 e. The average Bonchev–Trinajstić information content (AvgIpc) is 2.86. The number of carboxylic acids is 2. The third-order valence-corrected chi connectivity index (χ3v) is 5.72. The molecule has 0 aliphatic heterocycles. The maximum absolute atomic E-state index is 12.0. The van der Waals surface area contributed by atoms with E-state index in [2.05, 4.69) is 31.5 Å². The summed E-state index contributed by atoms with van der Waals surface area (Å²) in [6.07, 6.45) is 2.88. The number of aromatic nitrogens is 1. The number of pyridine rings is 1. The molecule has 0 aliphatic rings. The van der Waals surface area contributed by atoms with E-state index >= 15 is 0 Å². The molecule has 0 spiro atoms. The number of anilines is 2. The van der Waals surface area contributed by atoms with Crippen LogP contribution in [0.5, 0.6) is 0 Å². The summed E-state index contributed by atoms with van der Waals surface area (Å²) in [5, 5.41) is 29.5. The van der Waals surface area contributed by atoms with E-state index in [1.807, 2.05) is 0 Å². The van der Waals surface area contributed by atoms with E-state index < -0.39 is 51.9 Å². The van der Waals surface area contributed by atoms with Crippen LogP contribution in [0.25, 0.3) is 0 Å². The quantitative estimate of drug-likeness (QED) is 0.0480. The second-order valence-corrected chi connectivity index (χ2v) is 9.04. The first kappa shape index (κ1) is 29.8. The number of hydrazone groups is 1. The molecule has 2 aromatic rings. The van der Waals surface area contributed by atoms with Crippen LogP contribution in [0.2, 0.25) is 0 Å². The van der Waals surface area contributed by atoms with Gasteiger partial charge < -0.3 is 26.2 Å². The molecule has 0 bridgehead atoms. The van der Waals surface area contributed by atoms with Crippen molar-refractivity contribution in [2.75, 3.05) is 30.4 Å². The minimum Gasteiger partial charge on any atom is -0.481 e. The van der Waals surface area contributed by atoms with Crippen LogP contribution in [0.15, 0.2) is 46.5 Å². The number of aliphatic carboxylic acids is 2. The Morgan fingerprint density at radius 3 is 2.45 bits per heavy atom. The van der Waals surface area contributed by atoms with Crippen LogP contribution in [0.1, 0.15) is 28.8 Å². The van der Waals surface area contributed by atoms with Gasteiger partial charge in [0.15, 0.2) is 6.29 Å².